The van der Waals surface area contributed by atoms with Gasteiger partial charge in [-0.25, -0.2) is 9.97 Å². The number of aromatic nitrogens is 2. The second-order valence-electron chi connectivity index (χ2n) is 4.43. The Balaban J connectivity index is 1.70. The van der Waals surface area contributed by atoms with Crippen LogP contribution in [0.3, 0.4) is 0 Å². The monoisotopic (exact) mass is 304 g/mol. The van der Waals surface area contributed by atoms with Gasteiger partial charge in [0, 0.05) is 18.1 Å². The highest BCUT2D eigenvalue weighted by molar-refractivity contribution is 6.17. The van der Waals surface area contributed by atoms with Crippen LogP contribution in [-0.2, 0) is 12.5 Å². The minimum Gasteiger partial charge on any atom is -0.471 e. The van der Waals surface area contributed by atoms with E-state index in [2.05, 4.69) is 9.97 Å². The van der Waals surface area contributed by atoms with Crippen molar-refractivity contribution in [3.8, 4) is 17.5 Å². The Hall–Kier alpha value is -2.27. The number of rotatable bonds is 5. The fourth-order valence-electron chi connectivity index (χ4n) is 1.79. The first-order chi connectivity index (χ1) is 10.3. The number of hydrogen-bond acceptors (Lipinski definition) is 5. The van der Waals surface area contributed by atoms with Crippen LogP contribution in [0.1, 0.15) is 17.0 Å². The van der Waals surface area contributed by atoms with Crippen LogP contribution in [0.4, 0.5) is 0 Å². The maximum atomic E-state index is 5.71. The molecule has 0 bridgehead atoms. The molecule has 0 saturated heterocycles. The molecule has 0 fully saturated rings. The Morgan fingerprint density at radius 3 is 2.86 bits per heavy atom. The highest BCUT2D eigenvalue weighted by atomic mass is 35.5. The van der Waals surface area contributed by atoms with E-state index < -0.39 is 0 Å². The zero-order chi connectivity index (χ0) is 14.7. The average Bonchev–Trinajstić information content (AvgIpc) is 3.15. The molecule has 0 N–H and O–H groups in total. The number of furan rings is 1. The number of aryl methyl sites for hydroxylation is 1. The number of halogens is 1. The fourth-order valence-corrected chi connectivity index (χ4v) is 1.94. The standard InChI is InChI=1S/C15H13ClN2O3/c1-10-12(18-15(21-10)13-3-2-6-19-13)9-20-14-5-4-11(7-16)8-17-14/h2-6,8H,7,9H2,1H3. The molecule has 0 amide bonds. The van der Waals surface area contributed by atoms with Crippen LogP contribution in [0.15, 0.2) is 45.6 Å². The van der Waals surface area contributed by atoms with Crippen molar-refractivity contribution in [2.45, 2.75) is 19.4 Å². The van der Waals surface area contributed by atoms with Gasteiger partial charge in [-0.1, -0.05) is 6.07 Å². The van der Waals surface area contributed by atoms with Gasteiger partial charge in [-0.2, -0.15) is 0 Å². The molecule has 0 aromatic carbocycles. The topological polar surface area (TPSA) is 61.3 Å². The summed E-state index contributed by atoms with van der Waals surface area (Å²) in [5, 5.41) is 0. The normalized spacial score (nSPS) is 10.8. The van der Waals surface area contributed by atoms with E-state index in [1.165, 1.54) is 0 Å². The molecule has 0 unspecified atom stereocenters. The lowest BCUT2D eigenvalue weighted by molar-refractivity contribution is 0.287. The number of nitrogens with zero attached hydrogens (tertiary/aromatic N) is 2. The van der Waals surface area contributed by atoms with Gasteiger partial charge in [0.2, 0.25) is 5.88 Å². The highest BCUT2D eigenvalue weighted by Gasteiger charge is 2.14. The van der Waals surface area contributed by atoms with Gasteiger partial charge in [-0.05, 0) is 24.6 Å². The van der Waals surface area contributed by atoms with Crippen LogP contribution in [0, 0.1) is 6.92 Å². The van der Waals surface area contributed by atoms with Crippen LogP contribution in [0.5, 0.6) is 5.88 Å². The molecule has 108 valence electrons. The summed E-state index contributed by atoms with van der Waals surface area (Å²) in [6.45, 7) is 2.12. The second kappa shape index (κ2) is 6.01. The fraction of sp³-hybridized carbons (Fsp3) is 0.200. The zero-order valence-electron chi connectivity index (χ0n) is 11.4. The lowest BCUT2D eigenvalue weighted by atomic mass is 10.3. The van der Waals surface area contributed by atoms with E-state index >= 15 is 0 Å². The Bertz CT molecular complexity index is 705. The Morgan fingerprint density at radius 1 is 1.29 bits per heavy atom. The maximum absolute atomic E-state index is 5.71. The summed E-state index contributed by atoms with van der Waals surface area (Å²) in [6.07, 6.45) is 3.26. The molecule has 6 heteroatoms. The van der Waals surface area contributed by atoms with E-state index in [1.54, 1.807) is 30.7 Å². The van der Waals surface area contributed by atoms with Crippen LogP contribution < -0.4 is 4.74 Å². The molecule has 3 aromatic rings. The summed E-state index contributed by atoms with van der Waals surface area (Å²) in [5.41, 5.74) is 1.66. The quantitative estimate of drug-likeness (QED) is 0.668. The minimum absolute atomic E-state index is 0.281. The number of oxazole rings is 1. The largest absolute Gasteiger partial charge is 0.471 e. The molecule has 0 saturated carbocycles. The van der Waals surface area contributed by atoms with Crippen LogP contribution in [0.25, 0.3) is 11.7 Å². The molecule has 3 rings (SSSR count). The van der Waals surface area contributed by atoms with Gasteiger partial charge in [0.15, 0.2) is 5.76 Å². The summed E-state index contributed by atoms with van der Waals surface area (Å²) >= 11 is 5.71. The van der Waals surface area contributed by atoms with Gasteiger partial charge < -0.3 is 13.6 Å². The van der Waals surface area contributed by atoms with Crippen molar-refractivity contribution >= 4 is 11.6 Å². The third kappa shape index (κ3) is 3.08. The summed E-state index contributed by atoms with van der Waals surface area (Å²) < 4.78 is 16.4. The van der Waals surface area contributed by atoms with Gasteiger partial charge in [-0.3, -0.25) is 0 Å². The Kier molecular flexibility index (Phi) is 3.92. The number of alkyl halides is 1. The molecule has 0 spiro atoms. The zero-order valence-corrected chi connectivity index (χ0v) is 12.1. The van der Waals surface area contributed by atoms with Crippen molar-refractivity contribution in [1.29, 1.82) is 0 Å². The van der Waals surface area contributed by atoms with Crippen LogP contribution in [0.2, 0.25) is 0 Å². The third-order valence-corrected chi connectivity index (χ3v) is 3.24. The van der Waals surface area contributed by atoms with Gasteiger partial charge in [0.25, 0.3) is 5.89 Å². The molecule has 21 heavy (non-hydrogen) atoms. The second-order valence-corrected chi connectivity index (χ2v) is 4.69. The van der Waals surface area contributed by atoms with Crippen molar-refractivity contribution < 1.29 is 13.6 Å². The Morgan fingerprint density at radius 2 is 2.19 bits per heavy atom. The molecule has 0 aliphatic heterocycles. The van der Waals surface area contributed by atoms with Gasteiger partial charge in [0.1, 0.15) is 18.1 Å². The molecular formula is C15H13ClN2O3. The number of ether oxygens (including phenoxy) is 1. The minimum atomic E-state index is 0.281. The lowest BCUT2D eigenvalue weighted by Crippen LogP contribution is -1.99. The van der Waals surface area contributed by atoms with Crippen LogP contribution >= 0.6 is 11.6 Å². The van der Waals surface area contributed by atoms with Crippen molar-refractivity contribution in [3.63, 3.8) is 0 Å². The first-order valence-electron chi connectivity index (χ1n) is 6.40. The van der Waals surface area contributed by atoms with E-state index in [1.807, 2.05) is 13.0 Å². The molecule has 0 aliphatic carbocycles. The van der Waals surface area contributed by atoms with Crippen molar-refractivity contribution in [1.82, 2.24) is 9.97 Å². The molecule has 0 atom stereocenters. The van der Waals surface area contributed by atoms with Crippen molar-refractivity contribution in [2.75, 3.05) is 0 Å². The predicted molar refractivity (Wildman–Crippen MR) is 77.1 cm³/mol. The molecule has 0 aliphatic rings. The summed E-state index contributed by atoms with van der Waals surface area (Å²) in [4.78, 5) is 8.53. The first-order valence-corrected chi connectivity index (χ1v) is 6.93. The Labute approximate surface area is 126 Å². The average molecular weight is 305 g/mol. The van der Waals surface area contributed by atoms with Crippen LogP contribution in [-0.4, -0.2) is 9.97 Å². The summed E-state index contributed by atoms with van der Waals surface area (Å²) in [7, 11) is 0. The SMILES string of the molecule is Cc1oc(-c2ccco2)nc1COc1ccc(CCl)cn1. The molecule has 5 nitrogen and oxygen atoms in total. The lowest BCUT2D eigenvalue weighted by Gasteiger charge is -2.03. The highest BCUT2D eigenvalue weighted by Crippen LogP contribution is 2.22. The maximum Gasteiger partial charge on any atom is 0.263 e. The predicted octanol–water partition coefficient (Wildman–Crippen LogP) is 3.96. The van der Waals surface area contributed by atoms with E-state index in [-0.39, 0.29) is 6.61 Å². The number of hydrogen-bond donors (Lipinski definition) is 0. The van der Waals surface area contributed by atoms with E-state index in [0.29, 0.717) is 34.9 Å². The van der Waals surface area contributed by atoms with Crippen molar-refractivity contribution in [2.24, 2.45) is 0 Å². The molecule has 3 heterocycles. The van der Waals surface area contributed by atoms with Crippen molar-refractivity contribution in [3.05, 3.63) is 53.7 Å². The van der Waals surface area contributed by atoms with Gasteiger partial charge >= 0.3 is 0 Å². The van der Waals surface area contributed by atoms with E-state index in [0.717, 1.165) is 5.56 Å². The van der Waals surface area contributed by atoms with Gasteiger partial charge in [-0.15, -0.1) is 11.6 Å². The third-order valence-electron chi connectivity index (χ3n) is 2.93. The molecule has 3 aromatic heterocycles. The molecule has 0 radical (unpaired) electrons. The summed E-state index contributed by atoms with van der Waals surface area (Å²) in [5.74, 6) is 2.68. The molecular weight excluding hydrogens is 292 g/mol. The van der Waals surface area contributed by atoms with E-state index in [9.17, 15) is 0 Å². The van der Waals surface area contributed by atoms with Gasteiger partial charge in [0.05, 0.1) is 6.26 Å². The van der Waals surface area contributed by atoms with E-state index in [4.69, 9.17) is 25.2 Å². The number of pyridine rings is 1. The smallest absolute Gasteiger partial charge is 0.263 e. The first kappa shape index (κ1) is 13.7. The summed E-state index contributed by atoms with van der Waals surface area (Å²) in [6, 6.07) is 7.23.